The lowest BCUT2D eigenvalue weighted by Gasteiger charge is -2.40. The molecule has 0 aliphatic carbocycles. The van der Waals surface area contributed by atoms with Crippen LogP contribution in [-0.4, -0.2) is 138 Å². The van der Waals surface area contributed by atoms with Crippen molar-refractivity contribution in [1.82, 2.24) is 24.5 Å². The third-order valence-electron chi connectivity index (χ3n) is 9.45. The van der Waals surface area contributed by atoms with Crippen LogP contribution in [0.2, 0.25) is 0 Å². The Labute approximate surface area is 234 Å². The molecule has 0 N–H and O–H groups in total. The molecule has 5 heterocycles. The smallest absolute Gasteiger partial charge is 0.245 e. The van der Waals surface area contributed by atoms with Crippen LogP contribution in [0.25, 0.3) is 0 Å². The SMILES string of the molecule is COC[C@H]1CCCN1C(=O)CN1CC(=O)N2C[C@@H](F)C[C@H]2C(=O)N2CC[C@@H](CC(=O)N3CCCC3)[C@@H](CC1=O)C2. The molecule has 0 unspecified atom stereocenters. The number of hydrogen-bond donors (Lipinski definition) is 0. The normalized spacial score (nSPS) is 31.6. The molecule has 0 aromatic carbocycles. The standard InChI is InChI=1S/C28H42FN5O6/c1-40-18-22-5-4-9-33(22)26(37)16-32-17-27(38)34-15-21(29)13-23(34)28(39)31-10-6-19(20(14-31)12-25(32)36)11-24(35)30-7-2-3-8-30/h19-23H,2-18H2,1H3/t19-,20-,21-,22+,23-/m0/s1. The number of carbonyl (C=O) groups excluding carboxylic acids is 5. The molecule has 0 aromatic heterocycles. The fourth-order valence-corrected chi connectivity index (χ4v) is 7.23. The van der Waals surface area contributed by atoms with E-state index in [2.05, 4.69) is 0 Å². The molecule has 0 radical (unpaired) electrons. The number of ether oxygens (including phenoxy) is 1. The van der Waals surface area contributed by atoms with Crippen molar-refractivity contribution < 1.29 is 33.1 Å². The molecule has 12 heteroatoms. The molecule has 5 atom stereocenters. The van der Waals surface area contributed by atoms with Crippen molar-refractivity contribution in [1.29, 1.82) is 0 Å². The van der Waals surface area contributed by atoms with Gasteiger partial charge in [-0.15, -0.1) is 0 Å². The summed E-state index contributed by atoms with van der Waals surface area (Å²) in [5.41, 5.74) is 0. The van der Waals surface area contributed by atoms with E-state index in [1.54, 1.807) is 16.9 Å². The molecule has 5 amide bonds. The van der Waals surface area contributed by atoms with E-state index in [1.807, 2.05) is 4.90 Å². The van der Waals surface area contributed by atoms with E-state index in [0.29, 0.717) is 32.5 Å². The van der Waals surface area contributed by atoms with Gasteiger partial charge in [-0.1, -0.05) is 0 Å². The lowest BCUT2D eigenvalue weighted by molar-refractivity contribution is -0.148. The second kappa shape index (κ2) is 12.4. The Morgan fingerprint density at radius 3 is 2.48 bits per heavy atom. The minimum Gasteiger partial charge on any atom is -0.383 e. The average Bonchev–Trinajstić information content (AvgIpc) is 3.70. The predicted octanol–water partition coefficient (Wildman–Crippen LogP) is 0.272. The highest BCUT2D eigenvalue weighted by molar-refractivity contribution is 5.93. The van der Waals surface area contributed by atoms with Gasteiger partial charge < -0.3 is 29.2 Å². The van der Waals surface area contributed by atoms with Crippen molar-refractivity contribution in [2.75, 3.05) is 66.1 Å². The fourth-order valence-electron chi connectivity index (χ4n) is 7.23. The second-order valence-electron chi connectivity index (χ2n) is 12.1. The van der Waals surface area contributed by atoms with Crippen LogP contribution < -0.4 is 0 Å². The summed E-state index contributed by atoms with van der Waals surface area (Å²) in [6, 6.07) is -0.991. The van der Waals surface area contributed by atoms with E-state index in [4.69, 9.17) is 4.74 Å². The van der Waals surface area contributed by atoms with Crippen molar-refractivity contribution in [3.05, 3.63) is 0 Å². The molecule has 5 fully saturated rings. The Morgan fingerprint density at radius 1 is 0.950 bits per heavy atom. The van der Waals surface area contributed by atoms with Gasteiger partial charge in [0.05, 0.1) is 19.2 Å². The van der Waals surface area contributed by atoms with E-state index in [0.717, 1.165) is 38.8 Å². The number of hydrogen-bond acceptors (Lipinski definition) is 6. The molecule has 0 aromatic rings. The number of piperidine rings is 1. The molecule has 0 saturated carbocycles. The van der Waals surface area contributed by atoms with Gasteiger partial charge >= 0.3 is 0 Å². The lowest BCUT2D eigenvalue weighted by atomic mass is 9.80. The number of halogens is 1. The van der Waals surface area contributed by atoms with Crippen molar-refractivity contribution in [3.8, 4) is 0 Å². The van der Waals surface area contributed by atoms with E-state index < -0.39 is 18.1 Å². The first kappa shape index (κ1) is 28.8. The number of rotatable bonds is 6. The van der Waals surface area contributed by atoms with Gasteiger partial charge in [-0.05, 0) is 43.9 Å². The summed E-state index contributed by atoms with van der Waals surface area (Å²) in [6.07, 6.45) is 3.17. The summed E-state index contributed by atoms with van der Waals surface area (Å²) in [6.45, 7) is 2.32. The van der Waals surface area contributed by atoms with Crippen LogP contribution in [0.5, 0.6) is 0 Å². The number of fused-ring (bicyclic) bond motifs is 3. The van der Waals surface area contributed by atoms with Crippen LogP contribution in [0.1, 0.15) is 51.4 Å². The first-order valence-electron chi connectivity index (χ1n) is 14.8. The predicted molar refractivity (Wildman–Crippen MR) is 141 cm³/mol. The number of methoxy groups -OCH3 is 1. The highest BCUT2D eigenvalue weighted by atomic mass is 19.1. The maximum absolute atomic E-state index is 14.5. The summed E-state index contributed by atoms with van der Waals surface area (Å²) < 4.78 is 19.8. The Morgan fingerprint density at radius 2 is 1.73 bits per heavy atom. The maximum Gasteiger partial charge on any atom is 0.245 e. The zero-order valence-electron chi connectivity index (χ0n) is 23.5. The second-order valence-corrected chi connectivity index (χ2v) is 12.1. The minimum absolute atomic E-state index is 0.0419. The van der Waals surface area contributed by atoms with Crippen molar-refractivity contribution in [3.63, 3.8) is 0 Å². The topological polar surface area (TPSA) is 111 Å². The van der Waals surface area contributed by atoms with Gasteiger partial charge in [0.15, 0.2) is 0 Å². The van der Waals surface area contributed by atoms with E-state index in [-0.39, 0.29) is 80.5 Å². The lowest BCUT2D eigenvalue weighted by Crippen LogP contribution is -2.53. The van der Waals surface area contributed by atoms with E-state index in [9.17, 15) is 28.4 Å². The van der Waals surface area contributed by atoms with Crippen LogP contribution in [-0.2, 0) is 28.7 Å². The molecular formula is C28H42FN5O6. The molecular weight excluding hydrogens is 521 g/mol. The summed E-state index contributed by atoms with van der Waals surface area (Å²) >= 11 is 0. The monoisotopic (exact) mass is 563 g/mol. The van der Waals surface area contributed by atoms with Crippen LogP contribution in [0.15, 0.2) is 0 Å². The molecule has 5 aliphatic heterocycles. The highest BCUT2D eigenvalue weighted by Gasteiger charge is 2.45. The molecule has 40 heavy (non-hydrogen) atoms. The summed E-state index contributed by atoms with van der Waals surface area (Å²) in [5, 5.41) is 0. The summed E-state index contributed by atoms with van der Waals surface area (Å²) in [5.74, 6) is -1.71. The quantitative estimate of drug-likeness (QED) is 0.459. The Kier molecular flexibility index (Phi) is 8.92. The number of alkyl halides is 1. The number of nitrogens with zero attached hydrogens (tertiary/aromatic N) is 5. The Hall–Kier alpha value is -2.76. The Bertz CT molecular complexity index is 1010. The fraction of sp³-hybridized carbons (Fsp3) is 0.821. The van der Waals surface area contributed by atoms with Crippen molar-refractivity contribution in [2.45, 2.75) is 69.6 Å². The van der Waals surface area contributed by atoms with Crippen LogP contribution in [0.3, 0.4) is 0 Å². The molecule has 5 saturated heterocycles. The van der Waals surface area contributed by atoms with Crippen LogP contribution >= 0.6 is 0 Å². The first-order chi connectivity index (χ1) is 19.2. The molecule has 222 valence electrons. The maximum atomic E-state index is 14.5. The third kappa shape index (κ3) is 6.11. The number of amides is 5. The number of carbonyl (C=O) groups is 5. The summed E-state index contributed by atoms with van der Waals surface area (Å²) in [7, 11) is 1.58. The number of likely N-dealkylation sites (tertiary alicyclic amines) is 2. The molecule has 0 spiro atoms. The van der Waals surface area contributed by atoms with Gasteiger partial charge in [-0.3, -0.25) is 24.0 Å². The molecule has 11 nitrogen and oxygen atoms in total. The van der Waals surface area contributed by atoms with Gasteiger partial charge in [-0.25, -0.2) is 4.39 Å². The average molecular weight is 564 g/mol. The molecule has 5 rings (SSSR count). The van der Waals surface area contributed by atoms with Gasteiger partial charge in [0.2, 0.25) is 29.5 Å². The summed E-state index contributed by atoms with van der Waals surface area (Å²) in [4.78, 5) is 74.8. The van der Waals surface area contributed by atoms with Gasteiger partial charge in [0.25, 0.3) is 0 Å². The van der Waals surface area contributed by atoms with E-state index in [1.165, 1.54) is 9.80 Å². The van der Waals surface area contributed by atoms with Crippen molar-refractivity contribution >= 4 is 29.5 Å². The van der Waals surface area contributed by atoms with Gasteiger partial charge in [-0.2, -0.15) is 0 Å². The zero-order valence-corrected chi connectivity index (χ0v) is 23.5. The Balaban J connectivity index is 1.38. The largest absolute Gasteiger partial charge is 0.383 e. The zero-order chi connectivity index (χ0) is 28.4. The molecule has 5 aliphatic rings. The van der Waals surface area contributed by atoms with Crippen LogP contribution in [0, 0.1) is 11.8 Å². The van der Waals surface area contributed by atoms with E-state index >= 15 is 0 Å². The minimum atomic E-state index is -1.32. The van der Waals surface area contributed by atoms with Crippen LogP contribution in [0.4, 0.5) is 4.39 Å². The van der Waals surface area contributed by atoms with Crippen molar-refractivity contribution in [2.24, 2.45) is 11.8 Å². The highest BCUT2D eigenvalue weighted by Crippen LogP contribution is 2.33. The third-order valence-corrected chi connectivity index (χ3v) is 9.45. The van der Waals surface area contributed by atoms with Gasteiger partial charge in [0.1, 0.15) is 25.3 Å². The molecule has 2 bridgehead atoms. The first-order valence-corrected chi connectivity index (χ1v) is 14.8. The van der Waals surface area contributed by atoms with Gasteiger partial charge in [0, 0.05) is 59.1 Å².